The van der Waals surface area contributed by atoms with E-state index in [-0.39, 0.29) is 18.1 Å². The van der Waals surface area contributed by atoms with E-state index in [1.54, 1.807) is 0 Å². The molecule has 0 heterocycles. The summed E-state index contributed by atoms with van der Waals surface area (Å²) in [7, 11) is 0. The van der Waals surface area contributed by atoms with Crippen LogP contribution in [-0.2, 0) is 23.8 Å². The first kappa shape index (κ1) is 16.5. The van der Waals surface area contributed by atoms with Gasteiger partial charge in [-0.25, -0.2) is 9.59 Å². The molecule has 0 saturated heterocycles. The quantitative estimate of drug-likeness (QED) is 0.556. The van der Waals surface area contributed by atoms with E-state index in [1.807, 2.05) is 6.92 Å². The molecule has 0 N–H and O–H groups in total. The predicted octanol–water partition coefficient (Wildman–Crippen LogP) is 2.63. The van der Waals surface area contributed by atoms with Crippen molar-refractivity contribution < 1.29 is 23.8 Å². The average molecular weight is 322 g/mol. The van der Waals surface area contributed by atoms with Crippen molar-refractivity contribution in [3.05, 3.63) is 12.7 Å². The summed E-state index contributed by atoms with van der Waals surface area (Å²) in [5, 5.41) is 0. The Kier molecular flexibility index (Phi) is 4.25. The van der Waals surface area contributed by atoms with Gasteiger partial charge in [0.2, 0.25) is 0 Å². The summed E-state index contributed by atoms with van der Waals surface area (Å²) in [6.45, 7) is 7.83. The molecular formula is C18H26O5. The zero-order valence-electron chi connectivity index (χ0n) is 14.0. The molecule has 4 saturated carbocycles. The normalized spacial score (nSPS) is 40.7. The smallest absolute Gasteiger partial charge is 0.344 e. The van der Waals surface area contributed by atoms with Gasteiger partial charge >= 0.3 is 11.9 Å². The van der Waals surface area contributed by atoms with Gasteiger partial charge < -0.3 is 14.2 Å². The molecule has 5 heteroatoms. The second-order valence-electron chi connectivity index (χ2n) is 7.35. The summed E-state index contributed by atoms with van der Waals surface area (Å²) in [4.78, 5) is 23.3. The Hall–Kier alpha value is -1.36. The van der Waals surface area contributed by atoms with Crippen LogP contribution in [0.2, 0.25) is 0 Å². The van der Waals surface area contributed by atoms with E-state index in [2.05, 4.69) is 13.5 Å². The molecule has 5 nitrogen and oxygen atoms in total. The lowest BCUT2D eigenvalue weighted by molar-refractivity contribution is -0.266. The maximum absolute atomic E-state index is 12.2. The van der Waals surface area contributed by atoms with Crippen LogP contribution in [0.25, 0.3) is 0 Å². The predicted molar refractivity (Wildman–Crippen MR) is 83.6 cm³/mol. The Morgan fingerprint density at radius 1 is 1.17 bits per heavy atom. The highest BCUT2D eigenvalue weighted by molar-refractivity contribution is 5.83. The molecule has 0 aromatic carbocycles. The highest BCUT2D eigenvalue weighted by Crippen LogP contribution is 2.62. The van der Waals surface area contributed by atoms with Crippen molar-refractivity contribution in [2.24, 2.45) is 17.8 Å². The van der Waals surface area contributed by atoms with Gasteiger partial charge in [0.05, 0.1) is 5.60 Å². The Morgan fingerprint density at radius 2 is 1.78 bits per heavy atom. The van der Waals surface area contributed by atoms with Crippen molar-refractivity contribution in [2.75, 3.05) is 13.2 Å². The maximum Gasteiger partial charge on any atom is 0.344 e. The minimum absolute atomic E-state index is 0.156. The lowest BCUT2D eigenvalue weighted by Gasteiger charge is -2.64. The van der Waals surface area contributed by atoms with Gasteiger partial charge in [-0.15, -0.1) is 0 Å². The van der Waals surface area contributed by atoms with E-state index in [1.165, 1.54) is 6.42 Å². The monoisotopic (exact) mass is 322 g/mol. The van der Waals surface area contributed by atoms with Crippen LogP contribution in [0.5, 0.6) is 0 Å². The molecule has 23 heavy (non-hydrogen) atoms. The molecule has 0 aromatic rings. The Morgan fingerprint density at radius 3 is 2.35 bits per heavy atom. The summed E-state index contributed by atoms with van der Waals surface area (Å²) in [6.07, 6.45) is 6.21. The van der Waals surface area contributed by atoms with E-state index in [0.717, 1.165) is 31.8 Å². The molecule has 0 aliphatic heterocycles. The molecule has 0 radical (unpaired) electrons. The van der Waals surface area contributed by atoms with E-state index < -0.39 is 17.5 Å². The topological polar surface area (TPSA) is 61.8 Å². The van der Waals surface area contributed by atoms with Crippen LogP contribution in [0.1, 0.15) is 46.0 Å². The zero-order valence-corrected chi connectivity index (χ0v) is 14.0. The van der Waals surface area contributed by atoms with Crippen LogP contribution in [0, 0.1) is 17.8 Å². The number of esters is 2. The number of hydrogen-bond donors (Lipinski definition) is 0. The van der Waals surface area contributed by atoms with Crippen molar-refractivity contribution in [1.82, 2.24) is 0 Å². The van der Waals surface area contributed by atoms with Crippen molar-refractivity contribution in [3.63, 3.8) is 0 Å². The maximum atomic E-state index is 12.2. The first-order valence-corrected chi connectivity index (χ1v) is 8.58. The largest absolute Gasteiger partial charge is 0.456 e. The van der Waals surface area contributed by atoms with Gasteiger partial charge in [-0.3, -0.25) is 0 Å². The number of rotatable bonds is 6. The fraction of sp³-hybridized carbons (Fsp3) is 0.778. The molecular weight excluding hydrogens is 296 g/mol. The van der Waals surface area contributed by atoms with Crippen LogP contribution in [-0.4, -0.2) is 36.4 Å². The number of carbonyl (C=O) groups is 2. The van der Waals surface area contributed by atoms with Gasteiger partial charge in [-0.1, -0.05) is 13.5 Å². The van der Waals surface area contributed by atoms with Crippen molar-refractivity contribution in [2.45, 2.75) is 57.2 Å². The van der Waals surface area contributed by atoms with E-state index in [9.17, 15) is 9.59 Å². The number of hydrogen-bond acceptors (Lipinski definition) is 5. The number of ether oxygens (including phenoxy) is 3. The third-order valence-electron chi connectivity index (χ3n) is 6.03. The first-order chi connectivity index (χ1) is 10.9. The molecule has 0 spiro atoms. The van der Waals surface area contributed by atoms with Crippen molar-refractivity contribution >= 4 is 11.9 Å². The zero-order chi connectivity index (χ0) is 16.7. The summed E-state index contributed by atoms with van der Waals surface area (Å²) >= 11 is 0. The van der Waals surface area contributed by atoms with Crippen LogP contribution in [0.3, 0.4) is 0 Å². The van der Waals surface area contributed by atoms with Gasteiger partial charge in [0.1, 0.15) is 5.60 Å². The highest BCUT2D eigenvalue weighted by atomic mass is 16.6. The Balaban J connectivity index is 1.74. The lowest BCUT2D eigenvalue weighted by Crippen LogP contribution is -2.67. The van der Waals surface area contributed by atoms with Gasteiger partial charge in [-0.2, -0.15) is 0 Å². The third kappa shape index (κ3) is 2.80. The van der Waals surface area contributed by atoms with E-state index in [0.29, 0.717) is 18.4 Å². The summed E-state index contributed by atoms with van der Waals surface area (Å²) in [6, 6.07) is 0. The van der Waals surface area contributed by atoms with Gasteiger partial charge in [0.25, 0.3) is 0 Å². The van der Waals surface area contributed by atoms with Gasteiger partial charge in [0.15, 0.2) is 6.61 Å². The standard InChI is InChI=1S/C18H26O5/c1-4-15(19)21-11-16(20)23-18-9-13-6-14(10-18)8-17(7-13,12(18)3)22-5-2/h4,12-14H,1,5-11H2,2-3H3. The second-order valence-corrected chi connectivity index (χ2v) is 7.35. The van der Waals surface area contributed by atoms with Gasteiger partial charge in [0, 0.05) is 18.6 Å². The van der Waals surface area contributed by atoms with Gasteiger partial charge in [-0.05, 0) is 50.9 Å². The van der Waals surface area contributed by atoms with Crippen molar-refractivity contribution in [1.29, 1.82) is 0 Å². The molecule has 4 rings (SSSR count). The molecule has 4 aliphatic carbocycles. The molecule has 3 atom stereocenters. The van der Waals surface area contributed by atoms with E-state index >= 15 is 0 Å². The molecule has 3 unspecified atom stereocenters. The molecule has 4 fully saturated rings. The summed E-state index contributed by atoms with van der Waals surface area (Å²) in [5.41, 5.74) is -0.617. The molecule has 0 aromatic heterocycles. The fourth-order valence-electron chi connectivity index (χ4n) is 5.40. The summed E-state index contributed by atoms with van der Waals surface area (Å²) in [5.74, 6) is 0.219. The Labute approximate surface area is 137 Å². The highest BCUT2D eigenvalue weighted by Gasteiger charge is 2.64. The average Bonchev–Trinajstić information content (AvgIpc) is 2.49. The third-order valence-corrected chi connectivity index (χ3v) is 6.03. The lowest BCUT2D eigenvalue weighted by atomic mass is 9.48. The molecule has 128 valence electrons. The van der Waals surface area contributed by atoms with Crippen LogP contribution in [0.4, 0.5) is 0 Å². The van der Waals surface area contributed by atoms with Crippen LogP contribution >= 0.6 is 0 Å². The van der Waals surface area contributed by atoms with Crippen LogP contribution < -0.4 is 0 Å². The molecule has 4 bridgehead atoms. The molecule has 0 amide bonds. The molecule has 4 aliphatic rings. The number of carbonyl (C=O) groups excluding carboxylic acids is 2. The minimum atomic E-state index is -0.605. The van der Waals surface area contributed by atoms with Crippen molar-refractivity contribution in [3.8, 4) is 0 Å². The second kappa shape index (κ2) is 5.93. The van der Waals surface area contributed by atoms with E-state index in [4.69, 9.17) is 14.2 Å². The summed E-state index contributed by atoms with van der Waals surface area (Å²) < 4.78 is 16.9. The fourth-order valence-corrected chi connectivity index (χ4v) is 5.40. The van der Waals surface area contributed by atoms with Crippen LogP contribution in [0.15, 0.2) is 12.7 Å². The minimum Gasteiger partial charge on any atom is -0.456 e. The Bertz CT molecular complexity index is 498. The first-order valence-electron chi connectivity index (χ1n) is 8.58. The SMILES string of the molecule is C=CC(=O)OCC(=O)OC12CC3CC(CC(OCC)(C3)C1C)C2.